The first-order valence-corrected chi connectivity index (χ1v) is 8.09. The molecule has 110 valence electrons. The maximum absolute atomic E-state index is 12.1. The number of aryl methyl sites for hydroxylation is 1. The van der Waals surface area contributed by atoms with Crippen molar-refractivity contribution < 1.29 is 4.79 Å². The zero-order chi connectivity index (χ0) is 15.6. The highest BCUT2D eigenvalue weighted by Gasteiger charge is 2.21. The van der Waals surface area contributed by atoms with Crippen molar-refractivity contribution in [3.63, 3.8) is 0 Å². The van der Waals surface area contributed by atoms with Crippen LogP contribution in [-0.2, 0) is 12.2 Å². The topological polar surface area (TPSA) is 34.9 Å². The summed E-state index contributed by atoms with van der Waals surface area (Å²) in [5.41, 5.74) is 3.07. The van der Waals surface area contributed by atoms with E-state index in [1.807, 2.05) is 16.7 Å². The summed E-state index contributed by atoms with van der Waals surface area (Å²) < 4.78 is 2.55. The van der Waals surface area contributed by atoms with Gasteiger partial charge in [0.05, 0.1) is 0 Å². The fourth-order valence-corrected chi connectivity index (χ4v) is 2.93. The normalized spacial score (nSPS) is 10.7. The van der Waals surface area contributed by atoms with Gasteiger partial charge in [-0.1, -0.05) is 25.6 Å². The van der Waals surface area contributed by atoms with E-state index >= 15 is 0 Å². The number of Topliss-reactive ketones (excluding diaryl/α,β-unsaturated/α-hetero) is 1. The van der Waals surface area contributed by atoms with Crippen molar-refractivity contribution in [2.45, 2.75) is 26.0 Å². The molecule has 0 fully saturated rings. The van der Waals surface area contributed by atoms with Crippen LogP contribution in [0.1, 0.15) is 35.7 Å². The number of ketones is 1. The van der Waals surface area contributed by atoms with Crippen LogP contribution in [0.15, 0.2) is 41.0 Å². The Balaban J connectivity index is 2.56. The molecule has 1 heterocycles. The Labute approximate surface area is 138 Å². The molecule has 0 amide bonds. The lowest BCUT2D eigenvalue weighted by molar-refractivity contribution is 0.103. The lowest BCUT2D eigenvalue weighted by Gasteiger charge is -2.09. The van der Waals surface area contributed by atoms with Crippen LogP contribution >= 0.6 is 28.6 Å². The molecule has 0 aliphatic heterocycles. The predicted molar refractivity (Wildman–Crippen MR) is 92.5 cm³/mol. The second-order valence-corrected chi connectivity index (χ2v) is 5.86. The van der Waals surface area contributed by atoms with Crippen molar-refractivity contribution >= 4 is 34.3 Å². The van der Waals surface area contributed by atoms with E-state index in [1.54, 1.807) is 6.92 Å². The van der Waals surface area contributed by atoms with Crippen molar-refractivity contribution in [3.05, 3.63) is 58.1 Å². The Kier molecular flexibility index (Phi) is 5.06. The third-order valence-electron chi connectivity index (χ3n) is 3.24. The lowest BCUT2D eigenvalue weighted by Crippen LogP contribution is -2.02. The molecule has 5 heteroatoms. The summed E-state index contributed by atoms with van der Waals surface area (Å²) in [5, 5.41) is 0. The van der Waals surface area contributed by atoms with E-state index < -0.39 is 0 Å². The van der Waals surface area contributed by atoms with Crippen molar-refractivity contribution in [3.8, 4) is 5.69 Å². The monoisotopic (exact) mass is 364 g/mol. The smallest absolute Gasteiger partial charge is 0.209 e. The maximum Gasteiger partial charge on any atom is 0.209 e. The Bertz CT molecular complexity index is 689. The minimum Gasteiger partial charge on any atom is -0.289 e. The van der Waals surface area contributed by atoms with Crippen LogP contribution in [0.25, 0.3) is 5.69 Å². The van der Waals surface area contributed by atoms with Crippen LogP contribution in [0, 0.1) is 0 Å². The zero-order valence-electron chi connectivity index (χ0n) is 12.1. The molecule has 0 unspecified atom stereocenters. The molecule has 0 radical (unpaired) electrons. The summed E-state index contributed by atoms with van der Waals surface area (Å²) in [6.07, 6.45) is 0.990. The van der Waals surface area contributed by atoms with Crippen molar-refractivity contribution in [2.75, 3.05) is 0 Å². The molecular weight excluding hydrogens is 348 g/mol. The summed E-state index contributed by atoms with van der Waals surface area (Å²) in [4.78, 5) is 16.5. The van der Waals surface area contributed by atoms with Crippen molar-refractivity contribution in [1.29, 1.82) is 0 Å². The van der Waals surface area contributed by atoms with Crippen LogP contribution in [-0.4, -0.2) is 15.3 Å². The molecule has 0 bridgehead atoms. The average molecular weight is 365 g/mol. The van der Waals surface area contributed by atoms with Gasteiger partial charge in [-0.05, 0) is 52.5 Å². The zero-order valence-corrected chi connectivity index (χ0v) is 14.5. The summed E-state index contributed by atoms with van der Waals surface area (Å²) in [6.45, 7) is 7.49. The lowest BCUT2D eigenvalue weighted by atomic mass is 10.1. The summed E-state index contributed by atoms with van der Waals surface area (Å²) in [6, 6.07) is 8.19. The second-order valence-electron chi connectivity index (χ2n) is 4.79. The molecule has 3 nitrogen and oxygen atoms in total. The number of carbonyl (C=O) groups is 1. The molecule has 0 atom stereocenters. The Hall–Kier alpha value is -1.33. The van der Waals surface area contributed by atoms with Gasteiger partial charge in [-0.3, -0.25) is 9.36 Å². The van der Waals surface area contributed by atoms with Gasteiger partial charge in [0, 0.05) is 11.4 Å². The third kappa shape index (κ3) is 3.14. The SMILES string of the molecule is C=C(C)C(=O)c1nc(CS)n(-c2ccc(CC)cc2)c1Br. The number of carbonyl (C=O) groups excluding carboxylic acids is 1. The quantitative estimate of drug-likeness (QED) is 0.485. The van der Waals surface area contributed by atoms with E-state index in [2.05, 4.69) is 59.2 Å². The molecule has 0 aliphatic carbocycles. The van der Waals surface area contributed by atoms with Crippen LogP contribution in [0.3, 0.4) is 0 Å². The largest absolute Gasteiger partial charge is 0.289 e. The number of allylic oxidation sites excluding steroid dienone is 1. The first-order valence-electron chi connectivity index (χ1n) is 6.67. The van der Waals surface area contributed by atoms with Crippen LogP contribution in [0.2, 0.25) is 0 Å². The molecule has 1 aromatic carbocycles. The highest BCUT2D eigenvalue weighted by molar-refractivity contribution is 9.10. The fraction of sp³-hybridized carbons (Fsp3) is 0.250. The first-order chi connectivity index (χ1) is 9.99. The number of halogens is 1. The van der Waals surface area contributed by atoms with Gasteiger partial charge >= 0.3 is 0 Å². The summed E-state index contributed by atoms with van der Waals surface area (Å²) in [5.74, 6) is 1.00. The van der Waals surface area contributed by atoms with Gasteiger partial charge in [-0.25, -0.2) is 4.98 Å². The standard InChI is InChI=1S/C16H17BrN2OS/c1-4-11-5-7-12(8-6-11)19-13(9-21)18-14(16(19)17)15(20)10(2)3/h5-8,21H,2,4,9H2,1,3H3. The van der Waals surface area contributed by atoms with Gasteiger partial charge in [0.2, 0.25) is 5.78 Å². The minimum absolute atomic E-state index is 0.158. The number of benzene rings is 1. The molecule has 2 rings (SSSR count). The highest BCUT2D eigenvalue weighted by atomic mass is 79.9. The number of hydrogen-bond acceptors (Lipinski definition) is 3. The molecule has 2 aromatic rings. The minimum atomic E-state index is -0.158. The predicted octanol–water partition coefficient (Wildman–Crippen LogP) is 4.39. The van der Waals surface area contributed by atoms with Crippen LogP contribution in [0.5, 0.6) is 0 Å². The van der Waals surface area contributed by atoms with E-state index in [0.717, 1.165) is 17.9 Å². The van der Waals surface area contributed by atoms with Crippen LogP contribution in [0.4, 0.5) is 0 Å². The molecule has 1 aromatic heterocycles. The van der Waals surface area contributed by atoms with E-state index in [4.69, 9.17) is 0 Å². The summed E-state index contributed by atoms with van der Waals surface area (Å²) in [7, 11) is 0. The van der Waals surface area contributed by atoms with Gasteiger partial charge in [0.25, 0.3) is 0 Å². The van der Waals surface area contributed by atoms with Crippen molar-refractivity contribution in [1.82, 2.24) is 9.55 Å². The van der Waals surface area contributed by atoms with Gasteiger partial charge in [-0.15, -0.1) is 0 Å². The van der Waals surface area contributed by atoms with Gasteiger partial charge in [0.1, 0.15) is 16.1 Å². The number of hydrogen-bond donors (Lipinski definition) is 1. The van der Waals surface area contributed by atoms with E-state index in [0.29, 0.717) is 21.6 Å². The van der Waals surface area contributed by atoms with Crippen molar-refractivity contribution in [2.24, 2.45) is 0 Å². The number of thiol groups is 1. The molecule has 0 saturated carbocycles. The first kappa shape index (κ1) is 16.0. The molecule has 0 N–H and O–H groups in total. The van der Waals surface area contributed by atoms with Crippen LogP contribution < -0.4 is 0 Å². The van der Waals surface area contributed by atoms with E-state index in [1.165, 1.54) is 5.56 Å². The molecule has 0 aliphatic rings. The second kappa shape index (κ2) is 6.62. The van der Waals surface area contributed by atoms with Gasteiger partial charge in [0.15, 0.2) is 0 Å². The van der Waals surface area contributed by atoms with Gasteiger partial charge in [-0.2, -0.15) is 12.6 Å². The third-order valence-corrected chi connectivity index (χ3v) is 4.25. The number of rotatable bonds is 5. The number of nitrogens with zero attached hydrogens (tertiary/aromatic N) is 2. The number of imidazole rings is 1. The molecule has 21 heavy (non-hydrogen) atoms. The Morgan fingerprint density at radius 2 is 2.00 bits per heavy atom. The average Bonchev–Trinajstić information content (AvgIpc) is 2.83. The Morgan fingerprint density at radius 1 is 1.38 bits per heavy atom. The molecule has 0 spiro atoms. The maximum atomic E-state index is 12.1. The molecular formula is C16H17BrN2OS. The fourth-order valence-electron chi connectivity index (χ4n) is 2.04. The number of aromatic nitrogens is 2. The van der Waals surface area contributed by atoms with E-state index in [9.17, 15) is 4.79 Å². The van der Waals surface area contributed by atoms with Gasteiger partial charge < -0.3 is 0 Å². The highest BCUT2D eigenvalue weighted by Crippen LogP contribution is 2.26. The summed E-state index contributed by atoms with van der Waals surface area (Å²) >= 11 is 7.80. The Morgan fingerprint density at radius 3 is 2.48 bits per heavy atom. The molecule has 0 saturated heterocycles. The van der Waals surface area contributed by atoms with E-state index in [-0.39, 0.29) is 5.78 Å².